The summed E-state index contributed by atoms with van der Waals surface area (Å²) in [5, 5.41) is 8.85. The van der Waals surface area contributed by atoms with Crippen LogP contribution in [-0.4, -0.2) is 52.1 Å². The standard InChI is InChI=1S/C15H26N2O3/c1-2-12-7-5-11-16(12)15(20)17-10-4-3-6-13(17)8-9-14(18)19/h12-13H,2-11H2,1H3,(H,18,19). The topological polar surface area (TPSA) is 60.9 Å². The Balaban J connectivity index is 1.99. The average molecular weight is 282 g/mol. The van der Waals surface area contributed by atoms with Crippen LogP contribution in [-0.2, 0) is 4.79 Å². The number of nitrogens with zero attached hydrogens (tertiary/aromatic N) is 2. The molecule has 1 N–H and O–H groups in total. The summed E-state index contributed by atoms with van der Waals surface area (Å²) in [5.74, 6) is -0.768. The number of carbonyl (C=O) groups excluding carboxylic acids is 1. The Morgan fingerprint density at radius 3 is 2.40 bits per heavy atom. The summed E-state index contributed by atoms with van der Waals surface area (Å²) in [6.07, 6.45) is 7.05. The number of amides is 2. The van der Waals surface area contributed by atoms with Crippen molar-refractivity contribution in [2.45, 2.75) is 70.4 Å². The zero-order valence-electron chi connectivity index (χ0n) is 12.4. The van der Waals surface area contributed by atoms with Gasteiger partial charge in [0.15, 0.2) is 0 Å². The molecule has 5 nitrogen and oxygen atoms in total. The van der Waals surface area contributed by atoms with Gasteiger partial charge in [-0.15, -0.1) is 0 Å². The molecule has 0 bridgehead atoms. The number of rotatable bonds is 4. The number of piperidine rings is 1. The van der Waals surface area contributed by atoms with E-state index in [1.165, 1.54) is 0 Å². The summed E-state index contributed by atoms with van der Waals surface area (Å²) < 4.78 is 0. The van der Waals surface area contributed by atoms with E-state index in [0.717, 1.165) is 51.6 Å². The van der Waals surface area contributed by atoms with Crippen molar-refractivity contribution < 1.29 is 14.7 Å². The first kappa shape index (κ1) is 15.1. The van der Waals surface area contributed by atoms with Crippen LogP contribution in [0.5, 0.6) is 0 Å². The molecule has 2 unspecified atom stereocenters. The van der Waals surface area contributed by atoms with Crippen molar-refractivity contribution >= 4 is 12.0 Å². The lowest BCUT2D eigenvalue weighted by atomic mass is 9.98. The van der Waals surface area contributed by atoms with E-state index < -0.39 is 5.97 Å². The molecule has 0 aliphatic carbocycles. The molecule has 2 saturated heterocycles. The molecule has 2 atom stereocenters. The first-order valence-corrected chi connectivity index (χ1v) is 7.92. The number of carboxylic acids is 1. The second-order valence-electron chi connectivity index (χ2n) is 5.96. The molecule has 0 aromatic carbocycles. The molecule has 0 spiro atoms. The van der Waals surface area contributed by atoms with Gasteiger partial charge in [0.1, 0.15) is 0 Å². The minimum Gasteiger partial charge on any atom is -0.481 e. The van der Waals surface area contributed by atoms with Gasteiger partial charge in [-0.25, -0.2) is 4.79 Å². The number of carboxylic acid groups (broad SMARTS) is 1. The van der Waals surface area contributed by atoms with Gasteiger partial charge in [0.05, 0.1) is 0 Å². The number of hydrogen-bond acceptors (Lipinski definition) is 2. The molecule has 0 radical (unpaired) electrons. The Labute approximate surface area is 120 Å². The molecule has 2 aliphatic heterocycles. The third kappa shape index (κ3) is 3.44. The number of urea groups is 1. The maximum Gasteiger partial charge on any atom is 0.320 e. The van der Waals surface area contributed by atoms with Crippen LogP contribution in [0, 0.1) is 0 Å². The molecule has 20 heavy (non-hydrogen) atoms. The number of carbonyl (C=O) groups is 2. The lowest BCUT2D eigenvalue weighted by Crippen LogP contribution is -2.51. The average Bonchev–Trinajstić information content (AvgIpc) is 2.93. The zero-order chi connectivity index (χ0) is 14.5. The molecule has 2 rings (SSSR count). The summed E-state index contributed by atoms with van der Waals surface area (Å²) in [6, 6.07) is 0.638. The number of aliphatic carboxylic acids is 1. The predicted octanol–water partition coefficient (Wildman–Crippen LogP) is 2.70. The van der Waals surface area contributed by atoms with E-state index in [0.29, 0.717) is 12.5 Å². The molecular weight excluding hydrogens is 256 g/mol. The summed E-state index contributed by atoms with van der Waals surface area (Å²) >= 11 is 0. The van der Waals surface area contributed by atoms with Crippen LogP contribution < -0.4 is 0 Å². The van der Waals surface area contributed by atoms with Gasteiger partial charge >= 0.3 is 12.0 Å². The fraction of sp³-hybridized carbons (Fsp3) is 0.867. The monoisotopic (exact) mass is 282 g/mol. The lowest BCUT2D eigenvalue weighted by molar-refractivity contribution is -0.137. The lowest BCUT2D eigenvalue weighted by Gasteiger charge is -2.39. The third-order valence-electron chi connectivity index (χ3n) is 4.66. The van der Waals surface area contributed by atoms with Gasteiger partial charge < -0.3 is 14.9 Å². The number of likely N-dealkylation sites (tertiary alicyclic amines) is 2. The second-order valence-corrected chi connectivity index (χ2v) is 5.96. The van der Waals surface area contributed by atoms with Gasteiger partial charge in [0.2, 0.25) is 0 Å². The van der Waals surface area contributed by atoms with Gasteiger partial charge in [0, 0.05) is 31.6 Å². The third-order valence-corrected chi connectivity index (χ3v) is 4.66. The van der Waals surface area contributed by atoms with Crippen LogP contribution in [0.2, 0.25) is 0 Å². The highest BCUT2D eigenvalue weighted by molar-refractivity contribution is 5.75. The van der Waals surface area contributed by atoms with Crippen molar-refractivity contribution in [2.24, 2.45) is 0 Å². The molecule has 0 saturated carbocycles. The molecule has 114 valence electrons. The van der Waals surface area contributed by atoms with E-state index in [1.807, 2.05) is 9.80 Å². The summed E-state index contributed by atoms with van der Waals surface area (Å²) in [5.41, 5.74) is 0. The van der Waals surface area contributed by atoms with Gasteiger partial charge in [-0.1, -0.05) is 6.92 Å². The zero-order valence-corrected chi connectivity index (χ0v) is 12.4. The SMILES string of the molecule is CCC1CCCN1C(=O)N1CCCCC1CCC(=O)O. The normalized spacial score (nSPS) is 26.9. The molecule has 2 fully saturated rings. The van der Waals surface area contributed by atoms with Crippen LogP contribution in [0.4, 0.5) is 4.79 Å². The molecule has 2 aliphatic rings. The van der Waals surface area contributed by atoms with Crippen molar-refractivity contribution in [1.82, 2.24) is 9.80 Å². The Morgan fingerprint density at radius 2 is 1.70 bits per heavy atom. The first-order valence-electron chi connectivity index (χ1n) is 7.92. The van der Waals surface area contributed by atoms with Crippen molar-refractivity contribution in [1.29, 1.82) is 0 Å². The quantitative estimate of drug-likeness (QED) is 0.862. The predicted molar refractivity (Wildman–Crippen MR) is 76.6 cm³/mol. The van der Waals surface area contributed by atoms with Crippen LogP contribution >= 0.6 is 0 Å². The highest BCUT2D eigenvalue weighted by Crippen LogP contribution is 2.26. The highest BCUT2D eigenvalue weighted by atomic mass is 16.4. The van der Waals surface area contributed by atoms with Crippen molar-refractivity contribution in [3.8, 4) is 0 Å². The van der Waals surface area contributed by atoms with E-state index in [9.17, 15) is 9.59 Å². The molecule has 0 aromatic rings. The fourth-order valence-corrected chi connectivity index (χ4v) is 3.52. The van der Waals surface area contributed by atoms with Gasteiger partial charge in [-0.2, -0.15) is 0 Å². The van der Waals surface area contributed by atoms with Gasteiger partial charge in [-0.3, -0.25) is 4.79 Å². The van der Waals surface area contributed by atoms with Crippen molar-refractivity contribution in [2.75, 3.05) is 13.1 Å². The number of hydrogen-bond donors (Lipinski definition) is 1. The smallest absolute Gasteiger partial charge is 0.320 e. The Hall–Kier alpha value is -1.26. The molecular formula is C15H26N2O3. The summed E-state index contributed by atoms with van der Waals surface area (Å²) in [4.78, 5) is 27.4. The Bertz CT molecular complexity index is 359. The van der Waals surface area contributed by atoms with Gasteiger partial charge in [0.25, 0.3) is 0 Å². The van der Waals surface area contributed by atoms with Gasteiger partial charge in [-0.05, 0) is 44.9 Å². The van der Waals surface area contributed by atoms with E-state index in [-0.39, 0.29) is 18.5 Å². The maximum atomic E-state index is 12.7. The molecule has 2 heterocycles. The van der Waals surface area contributed by atoms with Crippen LogP contribution in [0.15, 0.2) is 0 Å². The summed E-state index contributed by atoms with van der Waals surface area (Å²) in [7, 11) is 0. The van der Waals surface area contributed by atoms with E-state index >= 15 is 0 Å². The fourth-order valence-electron chi connectivity index (χ4n) is 3.52. The highest BCUT2D eigenvalue weighted by Gasteiger charge is 2.34. The van der Waals surface area contributed by atoms with Crippen LogP contribution in [0.25, 0.3) is 0 Å². The maximum absolute atomic E-state index is 12.7. The molecule has 5 heteroatoms. The van der Waals surface area contributed by atoms with E-state index in [1.54, 1.807) is 0 Å². The second kappa shape index (κ2) is 6.95. The minimum absolute atomic E-state index is 0.116. The Morgan fingerprint density at radius 1 is 1.05 bits per heavy atom. The first-order chi connectivity index (χ1) is 9.63. The van der Waals surface area contributed by atoms with Crippen molar-refractivity contribution in [3.05, 3.63) is 0 Å². The van der Waals surface area contributed by atoms with Crippen molar-refractivity contribution in [3.63, 3.8) is 0 Å². The summed E-state index contributed by atoms with van der Waals surface area (Å²) in [6.45, 7) is 3.78. The minimum atomic E-state index is -0.768. The largest absolute Gasteiger partial charge is 0.481 e. The molecule has 0 aromatic heterocycles. The van der Waals surface area contributed by atoms with Crippen LogP contribution in [0.1, 0.15) is 58.3 Å². The van der Waals surface area contributed by atoms with Crippen LogP contribution in [0.3, 0.4) is 0 Å². The molecule has 2 amide bonds. The Kier molecular flexibility index (Phi) is 5.26. The van der Waals surface area contributed by atoms with E-state index in [4.69, 9.17) is 5.11 Å². The van der Waals surface area contributed by atoms with E-state index in [2.05, 4.69) is 6.92 Å².